The van der Waals surface area contributed by atoms with Crippen LogP contribution in [0.5, 0.6) is 17.2 Å². The molecule has 0 aliphatic carbocycles. The van der Waals surface area contributed by atoms with Crippen molar-refractivity contribution < 1.29 is 33.6 Å². The SMILES string of the molecule is COC(=O)c1c(C)[nH]c2ccc3c(c12)C(CO)CN3C(=O)c1cc2cc(OC)c(OC)c(OC)c2[nH]1. The zero-order valence-electron chi connectivity index (χ0n) is 20.6. The standard InChI is InChI=1S/C26H27N3O7/c1-12-19(26(32)36-5)21-15(27-12)6-7-17-20(21)14(11-30)10-29(17)25(31)16-8-13-9-18(33-2)23(34-3)24(35-4)22(13)28-16/h6-9,14,27-28,30H,10-11H2,1-5H3. The van der Waals surface area contributed by atoms with Crippen LogP contribution < -0.4 is 19.1 Å². The number of benzene rings is 2. The maximum atomic E-state index is 13.8. The summed E-state index contributed by atoms with van der Waals surface area (Å²) in [6.07, 6.45) is 0. The Morgan fingerprint density at radius 1 is 1.06 bits per heavy atom. The van der Waals surface area contributed by atoms with E-state index in [2.05, 4.69) is 9.97 Å². The van der Waals surface area contributed by atoms with E-state index in [1.165, 1.54) is 28.4 Å². The molecule has 0 radical (unpaired) electrons. The maximum Gasteiger partial charge on any atom is 0.340 e. The Bertz CT molecular complexity index is 1520. The first-order chi connectivity index (χ1) is 17.4. The molecule has 1 aliphatic rings. The molecule has 0 bridgehead atoms. The molecule has 0 fully saturated rings. The molecule has 36 heavy (non-hydrogen) atoms. The van der Waals surface area contributed by atoms with Crippen LogP contribution in [0.25, 0.3) is 21.8 Å². The molecule has 3 N–H and O–H groups in total. The van der Waals surface area contributed by atoms with Crippen LogP contribution in [0.1, 0.15) is 38.0 Å². The zero-order valence-corrected chi connectivity index (χ0v) is 20.6. The number of carbonyl (C=O) groups excluding carboxylic acids is 2. The van der Waals surface area contributed by atoms with Crippen LogP contribution in [0.2, 0.25) is 0 Å². The molecule has 4 aromatic rings. The Labute approximate surface area is 206 Å². The number of hydrogen-bond donors (Lipinski definition) is 3. The van der Waals surface area contributed by atoms with Gasteiger partial charge in [0.2, 0.25) is 5.75 Å². The Morgan fingerprint density at radius 3 is 2.44 bits per heavy atom. The number of aromatic nitrogens is 2. The van der Waals surface area contributed by atoms with Gasteiger partial charge in [0.05, 0.1) is 46.1 Å². The number of methoxy groups -OCH3 is 4. The molecule has 5 rings (SSSR count). The van der Waals surface area contributed by atoms with Crippen LogP contribution in [-0.2, 0) is 4.74 Å². The van der Waals surface area contributed by atoms with Crippen LogP contribution in [0.15, 0.2) is 24.3 Å². The van der Waals surface area contributed by atoms with Crippen molar-refractivity contribution >= 4 is 39.4 Å². The van der Waals surface area contributed by atoms with Crippen molar-refractivity contribution in [3.63, 3.8) is 0 Å². The molecule has 10 nitrogen and oxygen atoms in total. The van der Waals surface area contributed by atoms with E-state index in [1.807, 2.05) is 12.1 Å². The molecule has 2 aromatic heterocycles. The van der Waals surface area contributed by atoms with Crippen LogP contribution in [0.4, 0.5) is 5.69 Å². The van der Waals surface area contributed by atoms with Crippen LogP contribution in [0, 0.1) is 6.92 Å². The average Bonchev–Trinajstić information content (AvgIpc) is 3.58. The van der Waals surface area contributed by atoms with Gasteiger partial charge in [-0.2, -0.15) is 0 Å². The molecule has 1 aliphatic heterocycles. The summed E-state index contributed by atoms with van der Waals surface area (Å²) >= 11 is 0. The third kappa shape index (κ3) is 3.29. The number of esters is 1. The first kappa shape index (κ1) is 23.6. The van der Waals surface area contributed by atoms with Gasteiger partial charge in [-0.15, -0.1) is 0 Å². The number of hydrogen-bond acceptors (Lipinski definition) is 7. The number of nitrogens with one attached hydrogen (secondary N) is 2. The van der Waals surface area contributed by atoms with Gasteiger partial charge in [-0.25, -0.2) is 4.79 Å². The molecule has 188 valence electrons. The molecule has 1 atom stereocenters. The lowest BCUT2D eigenvalue weighted by Crippen LogP contribution is -2.30. The fraction of sp³-hybridized carbons (Fsp3) is 0.308. The van der Waals surface area contributed by atoms with E-state index >= 15 is 0 Å². The van der Waals surface area contributed by atoms with Gasteiger partial charge in [0, 0.05) is 40.1 Å². The van der Waals surface area contributed by atoms with E-state index in [9.17, 15) is 14.7 Å². The second-order valence-electron chi connectivity index (χ2n) is 8.63. The van der Waals surface area contributed by atoms with Gasteiger partial charge in [-0.05, 0) is 36.8 Å². The predicted molar refractivity (Wildman–Crippen MR) is 134 cm³/mol. The van der Waals surface area contributed by atoms with Crippen molar-refractivity contribution in [1.82, 2.24) is 9.97 Å². The second-order valence-corrected chi connectivity index (χ2v) is 8.63. The summed E-state index contributed by atoms with van der Waals surface area (Å²) in [5.41, 5.74) is 4.13. The number of rotatable bonds is 6. The van der Waals surface area contributed by atoms with E-state index in [0.29, 0.717) is 50.8 Å². The number of ether oxygens (including phenoxy) is 4. The normalized spacial score (nSPS) is 14.8. The van der Waals surface area contributed by atoms with Crippen LogP contribution in [0.3, 0.4) is 0 Å². The van der Waals surface area contributed by atoms with E-state index < -0.39 is 5.97 Å². The average molecular weight is 494 g/mol. The topological polar surface area (TPSA) is 126 Å². The molecule has 1 unspecified atom stereocenters. The highest BCUT2D eigenvalue weighted by atomic mass is 16.5. The number of aliphatic hydroxyl groups excluding tert-OH is 1. The fourth-order valence-corrected chi connectivity index (χ4v) is 5.20. The number of fused-ring (bicyclic) bond motifs is 4. The first-order valence-electron chi connectivity index (χ1n) is 11.4. The number of H-pyrrole nitrogens is 2. The van der Waals surface area contributed by atoms with Crippen LogP contribution >= 0.6 is 0 Å². The molecule has 1 amide bonds. The van der Waals surface area contributed by atoms with Crippen molar-refractivity contribution in [2.45, 2.75) is 12.8 Å². The van der Waals surface area contributed by atoms with E-state index in [0.717, 1.165) is 16.5 Å². The van der Waals surface area contributed by atoms with Crippen molar-refractivity contribution in [3.8, 4) is 17.2 Å². The summed E-state index contributed by atoms with van der Waals surface area (Å²) in [4.78, 5) is 34.4. The van der Waals surface area contributed by atoms with Crippen molar-refractivity contribution in [1.29, 1.82) is 0 Å². The van der Waals surface area contributed by atoms with Gasteiger partial charge in [0.1, 0.15) is 5.69 Å². The third-order valence-corrected chi connectivity index (χ3v) is 6.78. The number of nitrogens with zero attached hydrogens (tertiary/aromatic N) is 1. The number of carbonyl (C=O) groups is 2. The van der Waals surface area contributed by atoms with Gasteiger partial charge < -0.3 is 38.9 Å². The van der Waals surface area contributed by atoms with Gasteiger partial charge in [0.15, 0.2) is 11.5 Å². The Hall–Kier alpha value is -4.18. The molecular weight excluding hydrogens is 466 g/mol. The quantitative estimate of drug-likeness (QED) is 0.351. The van der Waals surface area contributed by atoms with Gasteiger partial charge in [-0.3, -0.25) is 4.79 Å². The van der Waals surface area contributed by atoms with Crippen molar-refractivity contribution in [3.05, 3.63) is 46.8 Å². The van der Waals surface area contributed by atoms with E-state index in [4.69, 9.17) is 18.9 Å². The van der Waals surface area contributed by atoms with Gasteiger partial charge >= 0.3 is 5.97 Å². The molecule has 3 heterocycles. The molecule has 10 heteroatoms. The summed E-state index contributed by atoms with van der Waals surface area (Å²) in [6.45, 7) is 1.87. The minimum absolute atomic E-state index is 0.185. The Kier molecular flexibility index (Phi) is 5.76. The molecule has 0 spiro atoms. The number of amides is 1. The fourth-order valence-electron chi connectivity index (χ4n) is 5.20. The summed E-state index contributed by atoms with van der Waals surface area (Å²) in [5, 5.41) is 11.6. The smallest absolute Gasteiger partial charge is 0.340 e. The molecule has 0 saturated heterocycles. The Balaban J connectivity index is 1.65. The van der Waals surface area contributed by atoms with E-state index in [1.54, 1.807) is 24.0 Å². The maximum absolute atomic E-state index is 13.8. The first-order valence-corrected chi connectivity index (χ1v) is 11.4. The molecule has 2 aromatic carbocycles. The lowest BCUT2D eigenvalue weighted by Gasteiger charge is -2.17. The van der Waals surface area contributed by atoms with Gasteiger partial charge in [-0.1, -0.05) is 0 Å². The summed E-state index contributed by atoms with van der Waals surface area (Å²) in [6, 6.07) is 7.16. The van der Waals surface area contributed by atoms with Gasteiger partial charge in [0.25, 0.3) is 5.91 Å². The predicted octanol–water partition coefficient (Wildman–Crippen LogP) is 3.51. The van der Waals surface area contributed by atoms with Crippen molar-refractivity contribution in [2.24, 2.45) is 0 Å². The largest absolute Gasteiger partial charge is 0.493 e. The second kappa shape index (κ2) is 8.80. The number of aryl methyl sites for hydroxylation is 1. The highest BCUT2D eigenvalue weighted by Gasteiger charge is 2.37. The minimum atomic E-state index is -0.473. The minimum Gasteiger partial charge on any atom is -0.493 e. The zero-order chi connectivity index (χ0) is 25.7. The lowest BCUT2D eigenvalue weighted by atomic mass is 9.95. The monoisotopic (exact) mass is 493 g/mol. The molecular formula is C26H27N3O7. The summed E-state index contributed by atoms with van der Waals surface area (Å²) in [7, 11) is 5.90. The third-order valence-electron chi connectivity index (χ3n) is 6.78. The highest BCUT2D eigenvalue weighted by molar-refractivity contribution is 6.14. The highest BCUT2D eigenvalue weighted by Crippen LogP contribution is 2.45. The van der Waals surface area contributed by atoms with Crippen LogP contribution in [-0.4, -0.2) is 68.5 Å². The lowest BCUT2D eigenvalue weighted by molar-refractivity contribution is 0.0602. The summed E-state index contributed by atoms with van der Waals surface area (Å²) in [5.74, 6) is 0.195. The Morgan fingerprint density at radius 2 is 1.81 bits per heavy atom. The van der Waals surface area contributed by atoms with E-state index in [-0.39, 0.29) is 25.0 Å². The number of aliphatic hydroxyl groups is 1. The summed E-state index contributed by atoms with van der Waals surface area (Å²) < 4.78 is 21.5. The van der Waals surface area contributed by atoms with Crippen molar-refractivity contribution in [2.75, 3.05) is 46.5 Å². The number of aromatic amines is 2. The number of anilines is 1. The molecule has 0 saturated carbocycles.